The number of carbonyl (C=O) groups excluding carboxylic acids is 1. The molecule has 4 heteroatoms. The van der Waals surface area contributed by atoms with E-state index in [2.05, 4.69) is 5.32 Å². The Hall–Kier alpha value is -0.770. The van der Waals surface area contributed by atoms with Crippen LogP contribution in [0.3, 0.4) is 0 Å². The van der Waals surface area contributed by atoms with Gasteiger partial charge in [-0.3, -0.25) is 0 Å². The number of hydrogen-bond donors (Lipinski definition) is 1. The molecule has 0 saturated carbocycles. The fourth-order valence-electron chi connectivity index (χ4n) is 1.37. The Balaban J connectivity index is 0.000000980. The van der Waals surface area contributed by atoms with E-state index in [1.807, 2.05) is 24.3 Å². The molecule has 2 rings (SSSR count). The summed E-state index contributed by atoms with van der Waals surface area (Å²) in [5.41, 5.74) is 2.25. The SMILES string of the molecule is O=C([O-])C1=CNc2ccccc2C1.[Na+]. The fraction of sp³-hybridized carbons (Fsp3) is 0.100. The second-order valence-electron chi connectivity index (χ2n) is 2.94. The largest absolute Gasteiger partial charge is 1.00 e. The summed E-state index contributed by atoms with van der Waals surface area (Å²) in [5, 5.41) is 13.5. The van der Waals surface area contributed by atoms with Crippen molar-refractivity contribution in [2.45, 2.75) is 6.42 Å². The number of carboxylic acid groups (broad SMARTS) is 1. The topological polar surface area (TPSA) is 52.2 Å². The Labute approximate surface area is 104 Å². The second-order valence-corrected chi connectivity index (χ2v) is 2.94. The van der Waals surface area contributed by atoms with Crippen LogP contribution in [0.5, 0.6) is 0 Å². The Morgan fingerprint density at radius 1 is 1.36 bits per heavy atom. The first kappa shape index (κ1) is 11.3. The molecule has 0 saturated heterocycles. The summed E-state index contributed by atoms with van der Waals surface area (Å²) >= 11 is 0. The third-order valence-corrected chi connectivity index (χ3v) is 2.06. The van der Waals surface area contributed by atoms with E-state index in [9.17, 15) is 9.90 Å². The molecule has 14 heavy (non-hydrogen) atoms. The van der Waals surface area contributed by atoms with Crippen molar-refractivity contribution in [3.8, 4) is 0 Å². The molecule has 1 aliphatic heterocycles. The van der Waals surface area contributed by atoms with Crippen LogP contribution in [0.15, 0.2) is 36.0 Å². The van der Waals surface area contributed by atoms with Crippen molar-refractivity contribution in [3.05, 3.63) is 41.6 Å². The minimum Gasteiger partial charge on any atom is -0.545 e. The molecule has 1 heterocycles. The van der Waals surface area contributed by atoms with Crippen LogP contribution in [0.4, 0.5) is 5.69 Å². The zero-order valence-electron chi connectivity index (χ0n) is 7.91. The molecule has 0 atom stereocenters. The molecule has 66 valence electrons. The molecule has 0 bridgehead atoms. The third-order valence-electron chi connectivity index (χ3n) is 2.06. The van der Waals surface area contributed by atoms with Gasteiger partial charge in [-0.05, 0) is 17.2 Å². The molecule has 3 nitrogen and oxygen atoms in total. The Morgan fingerprint density at radius 3 is 2.79 bits per heavy atom. The van der Waals surface area contributed by atoms with Crippen LogP contribution in [-0.2, 0) is 11.2 Å². The molecule has 0 amide bonds. The van der Waals surface area contributed by atoms with E-state index < -0.39 is 5.97 Å². The van der Waals surface area contributed by atoms with E-state index in [1.165, 1.54) is 6.20 Å². The van der Waals surface area contributed by atoms with Gasteiger partial charge in [-0.1, -0.05) is 18.2 Å². The molecule has 0 aliphatic carbocycles. The van der Waals surface area contributed by atoms with E-state index in [0.717, 1.165) is 11.3 Å². The summed E-state index contributed by atoms with van der Waals surface area (Å²) in [6.07, 6.45) is 1.92. The van der Waals surface area contributed by atoms with Crippen LogP contribution in [0.25, 0.3) is 0 Å². The van der Waals surface area contributed by atoms with Crippen molar-refractivity contribution in [2.75, 3.05) is 5.32 Å². The normalized spacial score (nSPS) is 13.0. The van der Waals surface area contributed by atoms with Gasteiger partial charge < -0.3 is 15.2 Å². The van der Waals surface area contributed by atoms with E-state index in [-0.39, 0.29) is 29.6 Å². The number of carboxylic acids is 1. The van der Waals surface area contributed by atoms with Gasteiger partial charge in [-0.25, -0.2) is 0 Å². The molecule has 0 aromatic heterocycles. The Bertz CT molecular complexity index is 387. The van der Waals surface area contributed by atoms with E-state index in [4.69, 9.17) is 0 Å². The van der Waals surface area contributed by atoms with Gasteiger partial charge in [0.2, 0.25) is 0 Å². The number of benzene rings is 1. The zero-order chi connectivity index (χ0) is 9.26. The van der Waals surface area contributed by atoms with Crippen LogP contribution in [0.1, 0.15) is 5.56 Å². The van der Waals surface area contributed by atoms with Crippen molar-refractivity contribution in [1.82, 2.24) is 0 Å². The minimum atomic E-state index is -1.11. The summed E-state index contributed by atoms with van der Waals surface area (Å²) in [4.78, 5) is 10.5. The molecular weight excluding hydrogens is 189 g/mol. The van der Waals surface area contributed by atoms with Crippen molar-refractivity contribution in [1.29, 1.82) is 0 Å². The average molecular weight is 197 g/mol. The number of nitrogens with one attached hydrogen (secondary N) is 1. The summed E-state index contributed by atoms with van der Waals surface area (Å²) < 4.78 is 0. The zero-order valence-corrected chi connectivity index (χ0v) is 9.91. The van der Waals surface area contributed by atoms with E-state index in [0.29, 0.717) is 12.0 Å². The van der Waals surface area contributed by atoms with Crippen LogP contribution in [-0.4, -0.2) is 5.97 Å². The van der Waals surface area contributed by atoms with Gasteiger partial charge in [0.25, 0.3) is 0 Å². The first-order valence-electron chi connectivity index (χ1n) is 4.02. The second kappa shape index (κ2) is 4.64. The predicted molar refractivity (Wildman–Crippen MR) is 46.9 cm³/mol. The monoisotopic (exact) mass is 197 g/mol. The molecule has 0 spiro atoms. The van der Waals surface area contributed by atoms with Gasteiger partial charge in [-0.15, -0.1) is 0 Å². The number of para-hydroxylation sites is 1. The maximum Gasteiger partial charge on any atom is 1.00 e. The molecule has 0 unspecified atom stereocenters. The maximum absolute atomic E-state index is 10.5. The molecular formula is C10H8NNaO2. The standard InChI is InChI=1S/C10H9NO2.Na/c12-10(13)8-5-7-3-1-2-4-9(7)11-6-8;/h1-4,6,11H,5H2,(H,12,13);/q;+1/p-1. The fourth-order valence-corrected chi connectivity index (χ4v) is 1.37. The minimum absolute atomic E-state index is 0. The van der Waals surface area contributed by atoms with E-state index >= 15 is 0 Å². The summed E-state index contributed by atoms with van der Waals surface area (Å²) in [6.45, 7) is 0. The predicted octanol–water partition coefficient (Wildman–Crippen LogP) is -2.71. The first-order chi connectivity index (χ1) is 6.27. The third kappa shape index (κ3) is 2.18. The number of anilines is 1. The van der Waals surface area contributed by atoms with Crippen LogP contribution in [0, 0.1) is 0 Å². The Kier molecular flexibility index (Phi) is 3.75. The molecule has 1 N–H and O–H groups in total. The van der Waals surface area contributed by atoms with Crippen molar-refractivity contribution in [3.63, 3.8) is 0 Å². The van der Waals surface area contributed by atoms with Crippen LogP contribution in [0.2, 0.25) is 0 Å². The average Bonchev–Trinajstić information content (AvgIpc) is 2.17. The maximum atomic E-state index is 10.5. The summed E-state index contributed by atoms with van der Waals surface area (Å²) in [7, 11) is 0. The number of aliphatic carboxylic acids is 1. The van der Waals surface area contributed by atoms with Gasteiger partial charge in [0.1, 0.15) is 0 Å². The van der Waals surface area contributed by atoms with Crippen molar-refractivity contribution < 1.29 is 39.5 Å². The molecule has 0 radical (unpaired) electrons. The van der Waals surface area contributed by atoms with Crippen LogP contribution < -0.4 is 40.0 Å². The quantitative estimate of drug-likeness (QED) is 0.498. The van der Waals surface area contributed by atoms with Crippen molar-refractivity contribution >= 4 is 11.7 Å². The van der Waals surface area contributed by atoms with Gasteiger partial charge >= 0.3 is 29.6 Å². The van der Waals surface area contributed by atoms with Gasteiger partial charge in [-0.2, -0.15) is 0 Å². The molecule has 0 fully saturated rings. The van der Waals surface area contributed by atoms with Gasteiger partial charge in [0.15, 0.2) is 0 Å². The van der Waals surface area contributed by atoms with Gasteiger partial charge in [0, 0.05) is 18.3 Å². The summed E-state index contributed by atoms with van der Waals surface area (Å²) in [5.74, 6) is -1.11. The Morgan fingerprint density at radius 2 is 2.07 bits per heavy atom. The first-order valence-corrected chi connectivity index (χ1v) is 4.02. The van der Waals surface area contributed by atoms with Crippen molar-refractivity contribution in [2.24, 2.45) is 0 Å². The molecule has 1 aliphatic rings. The summed E-state index contributed by atoms with van der Waals surface area (Å²) in [6, 6.07) is 7.61. The number of carbonyl (C=O) groups is 1. The number of rotatable bonds is 1. The smallest absolute Gasteiger partial charge is 0.545 e. The number of hydrogen-bond acceptors (Lipinski definition) is 3. The van der Waals surface area contributed by atoms with Gasteiger partial charge in [0.05, 0.1) is 5.97 Å². The molecule has 1 aromatic rings. The van der Waals surface area contributed by atoms with E-state index in [1.54, 1.807) is 0 Å². The number of fused-ring (bicyclic) bond motifs is 1. The van der Waals surface area contributed by atoms with Crippen LogP contribution >= 0.6 is 0 Å². The molecule has 1 aromatic carbocycles.